The van der Waals surface area contributed by atoms with E-state index in [-0.39, 0.29) is 11.9 Å². The number of hydrogen-bond acceptors (Lipinski definition) is 2. The zero-order valence-electron chi connectivity index (χ0n) is 4.86. The van der Waals surface area contributed by atoms with Crippen molar-refractivity contribution in [2.45, 2.75) is 10.8 Å². The molecule has 1 aliphatic rings. The second kappa shape index (κ2) is 2.03. The maximum absolute atomic E-state index is 10.6. The molecule has 9 heavy (non-hydrogen) atoms. The van der Waals surface area contributed by atoms with Crippen LogP contribution in [0, 0.1) is 5.92 Å². The van der Waals surface area contributed by atoms with Crippen molar-refractivity contribution in [2.24, 2.45) is 5.92 Å². The van der Waals surface area contributed by atoms with Gasteiger partial charge in [-0.1, -0.05) is 0 Å². The first-order valence-corrected chi connectivity index (χ1v) is 3.29. The van der Waals surface area contributed by atoms with E-state index in [1.165, 1.54) is 7.11 Å². The van der Waals surface area contributed by atoms with Gasteiger partial charge in [0.05, 0.1) is 13.0 Å². The molecule has 4 heteroatoms. The summed E-state index contributed by atoms with van der Waals surface area (Å²) in [5.41, 5.74) is 0. The van der Waals surface area contributed by atoms with Gasteiger partial charge in [0.25, 0.3) is 0 Å². The van der Waals surface area contributed by atoms with Crippen LogP contribution in [0.2, 0.25) is 0 Å². The first-order valence-electron chi connectivity index (χ1n) is 2.53. The second-order valence-electron chi connectivity index (χ2n) is 2.04. The molecule has 0 aromatic carbocycles. The number of rotatable bonds is 1. The third kappa shape index (κ3) is 1.30. The van der Waals surface area contributed by atoms with E-state index in [9.17, 15) is 4.79 Å². The predicted molar refractivity (Wildman–Crippen MR) is 34.6 cm³/mol. The Labute approximate surface area is 63.1 Å². The van der Waals surface area contributed by atoms with Crippen LogP contribution in [0.25, 0.3) is 0 Å². The summed E-state index contributed by atoms with van der Waals surface area (Å²) in [5, 5.41) is 0. The molecule has 52 valence electrons. The van der Waals surface area contributed by atoms with Crippen molar-refractivity contribution in [3.63, 3.8) is 0 Å². The lowest BCUT2D eigenvalue weighted by Gasteiger charge is -1.95. The molecule has 1 rings (SSSR count). The minimum Gasteiger partial charge on any atom is -0.469 e. The van der Waals surface area contributed by atoms with E-state index < -0.39 is 4.33 Å². The largest absolute Gasteiger partial charge is 0.469 e. The van der Waals surface area contributed by atoms with E-state index in [2.05, 4.69) is 4.74 Å². The predicted octanol–water partition coefficient (Wildman–Crippen LogP) is 1.35. The average molecular weight is 169 g/mol. The molecule has 0 aliphatic heterocycles. The van der Waals surface area contributed by atoms with Crippen molar-refractivity contribution in [1.82, 2.24) is 0 Å². The lowest BCUT2D eigenvalue weighted by molar-refractivity contribution is -0.142. The molecule has 2 nitrogen and oxygen atoms in total. The summed E-state index contributed by atoms with van der Waals surface area (Å²) < 4.78 is 3.56. The minimum absolute atomic E-state index is 0.300. The van der Waals surface area contributed by atoms with Crippen LogP contribution in [0.4, 0.5) is 0 Å². The van der Waals surface area contributed by atoms with Crippen LogP contribution in [0.3, 0.4) is 0 Å². The van der Waals surface area contributed by atoms with Gasteiger partial charge in [-0.05, 0) is 6.42 Å². The monoisotopic (exact) mass is 168 g/mol. The Morgan fingerprint density at radius 3 is 2.33 bits per heavy atom. The maximum atomic E-state index is 10.6. The smallest absolute Gasteiger partial charge is 0.311 e. The number of carbonyl (C=O) groups is 1. The molecule has 1 atom stereocenters. The molecule has 1 unspecified atom stereocenters. The molecule has 1 aliphatic carbocycles. The molecule has 0 saturated heterocycles. The maximum Gasteiger partial charge on any atom is 0.311 e. The number of esters is 1. The van der Waals surface area contributed by atoms with Gasteiger partial charge >= 0.3 is 5.97 Å². The zero-order valence-corrected chi connectivity index (χ0v) is 6.37. The Kier molecular flexibility index (Phi) is 1.61. The minimum atomic E-state index is -0.840. The Hall–Kier alpha value is 0.0500. The molecule has 0 bridgehead atoms. The highest BCUT2D eigenvalue weighted by Crippen LogP contribution is 2.53. The SMILES string of the molecule is COC(=O)C1CC1(Cl)Cl. The van der Waals surface area contributed by atoms with E-state index in [0.717, 1.165) is 0 Å². The fraction of sp³-hybridized carbons (Fsp3) is 0.800. The van der Waals surface area contributed by atoms with E-state index in [0.29, 0.717) is 6.42 Å². The van der Waals surface area contributed by atoms with Crippen molar-refractivity contribution >= 4 is 29.2 Å². The molecule has 0 aromatic heterocycles. The lowest BCUT2D eigenvalue weighted by atomic mass is 10.4. The van der Waals surface area contributed by atoms with Gasteiger partial charge in [0, 0.05) is 0 Å². The summed E-state index contributed by atoms with van der Waals surface area (Å²) in [7, 11) is 1.32. The van der Waals surface area contributed by atoms with Gasteiger partial charge in [0.15, 0.2) is 0 Å². The van der Waals surface area contributed by atoms with Gasteiger partial charge in [-0.15, -0.1) is 23.2 Å². The molecular formula is C5H6Cl2O2. The van der Waals surface area contributed by atoms with Crippen molar-refractivity contribution in [3.8, 4) is 0 Å². The zero-order chi connectivity index (χ0) is 7.07. The van der Waals surface area contributed by atoms with Crippen LogP contribution < -0.4 is 0 Å². The molecule has 0 spiro atoms. The summed E-state index contributed by atoms with van der Waals surface area (Å²) in [5.74, 6) is -0.620. The van der Waals surface area contributed by atoms with Crippen molar-refractivity contribution in [1.29, 1.82) is 0 Å². The van der Waals surface area contributed by atoms with Crippen LogP contribution in [0.15, 0.2) is 0 Å². The van der Waals surface area contributed by atoms with E-state index in [1.807, 2.05) is 0 Å². The quantitative estimate of drug-likeness (QED) is 0.437. The summed E-state index contributed by atoms with van der Waals surface area (Å²) in [6, 6.07) is 0. The van der Waals surface area contributed by atoms with Gasteiger partial charge in [-0.3, -0.25) is 4.79 Å². The summed E-state index contributed by atoms with van der Waals surface area (Å²) in [6.07, 6.45) is 0.517. The molecule has 1 saturated carbocycles. The van der Waals surface area contributed by atoms with Crippen molar-refractivity contribution in [2.75, 3.05) is 7.11 Å². The topological polar surface area (TPSA) is 26.3 Å². The third-order valence-electron chi connectivity index (χ3n) is 1.31. The van der Waals surface area contributed by atoms with Crippen LogP contribution in [-0.2, 0) is 9.53 Å². The highest BCUT2D eigenvalue weighted by Gasteiger charge is 2.57. The van der Waals surface area contributed by atoms with E-state index in [4.69, 9.17) is 23.2 Å². The number of halogens is 2. The average Bonchev–Trinajstić information content (AvgIpc) is 2.38. The molecule has 0 amide bonds. The van der Waals surface area contributed by atoms with Crippen LogP contribution in [0.5, 0.6) is 0 Å². The molecule has 0 aromatic rings. The second-order valence-corrected chi connectivity index (χ2v) is 3.58. The van der Waals surface area contributed by atoms with Crippen LogP contribution >= 0.6 is 23.2 Å². The normalized spacial score (nSPS) is 29.4. The fourth-order valence-electron chi connectivity index (χ4n) is 0.611. The van der Waals surface area contributed by atoms with Gasteiger partial charge in [-0.25, -0.2) is 0 Å². The lowest BCUT2D eigenvalue weighted by Crippen LogP contribution is -2.07. The molecule has 0 radical (unpaired) electrons. The van der Waals surface area contributed by atoms with Gasteiger partial charge < -0.3 is 4.74 Å². The third-order valence-corrected chi connectivity index (χ3v) is 2.15. The number of alkyl halides is 2. The first-order chi connectivity index (χ1) is 4.08. The van der Waals surface area contributed by atoms with Crippen LogP contribution in [0.1, 0.15) is 6.42 Å². The molecular weight excluding hydrogens is 163 g/mol. The van der Waals surface area contributed by atoms with Crippen LogP contribution in [-0.4, -0.2) is 17.4 Å². The molecule has 1 fully saturated rings. The number of ether oxygens (including phenoxy) is 1. The number of methoxy groups -OCH3 is 1. The number of hydrogen-bond donors (Lipinski definition) is 0. The fourth-order valence-corrected chi connectivity index (χ4v) is 1.10. The van der Waals surface area contributed by atoms with Crippen molar-refractivity contribution in [3.05, 3.63) is 0 Å². The summed E-state index contributed by atoms with van der Waals surface area (Å²) in [4.78, 5) is 10.6. The van der Waals surface area contributed by atoms with E-state index in [1.54, 1.807) is 0 Å². The number of carbonyl (C=O) groups excluding carboxylic acids is 1. The Morgan fingerprint density at radius 1 is 1.78 bits per heavy atom. The first kappa shape index (κ1) is 7.16. The van der Waals surface area contributed by atoms with Crippen molar-refractivity contribution < 1.29 is 9.53 Å². The Bertz CT molecular complexity index is 144. The standard InChI is InChI=1S/C5H6Cl2O2/c1-9-4(8)3-2-5(3,6)7/h3H,2H2,1H3. The van der Waals surface area contributed by atoms with E-state index >= 15 is 0 Å². The summed E-state index contributed by atoms with van der Waals surface area (Å²) in [6.45, 7) is 0. The highest BCUT2D eigenvalue weighted by molar-refractivity contribution is 6.52. The molecule has 0 N–H and O–H groups in total. The molecule has 0 heterocycles. The van der Waals surface area contributed by atoms with Gasteiger partial charge in [-0.2, -0.15) is 0 Å². The Morgan fingerprint density at radius 2 is 2.22 bits per heavy atom. The van der Waals surface area contributed by atoms with Gasteiger partial charge in [0.1, 0.15) is 4.33 Å². The Balaban J connectivity index is 2.42. The van der Waals surface area contributed by atoms with Gasteiger partial charge in [0.2, 0.25) is 0 Å². The summed E-state index contributed by atoms with van der Waals surface area (Å²) >= 11 is 11.1. The highest BCUT2D eigenvalue weighted by atomic mass is 35.5.